The first-order valence-corrected chi connectivity index (χ1v) is 13.3. The van der Waals surface area contributed by atoms with E-state index in [1.807, 2.05) is 34.6 Å². The van der Waals surface area contributed by atoms with E-state index >= 15 is 0 Å². The van der Waals surface area contributed by atoms with Gasteiger partial charge < -0.3 is 28.8 Å². The molecule has 0 spiro atoms. The lowest BCUT2D eigenvalue weighted by Gasteiger charge is -2.43. The molecular formula is C24H40Cl3NO8. The Bertz CT molecular complexity index is 749. The van der Waals surface area contributed by atoms with E-state index in [2.05, 4.69) is 6.92 Å². The summed E-state index contributed by atoms with van der Waals surface area (Å²) in [5, 5.41) is 17.4. The molecule has 36 heavy (non-hydrogen) atoms. The molecule has 4 unspecified atom stereocenters. The molecule has 0 saturated carbocycles. The van der Waals surface area contributed by atoms with E-state index in [1.54, 1.807) is 0 Å². The van der Waals surface area contributed by atoms with Gasteiger partial charge in [-0.05, 0) is 24.7 Å². The number of alkyl halides is 3. The van der Waals surface area contributed by atoms with Crippen molar-refractivity contribution in [1.29, 1.82) is 5.41 Å². The molecule has 2 heterocycles. The molecule has 2 saturated heterocycles. The number of ether oxygens (including phenoxy) is 5. The molecule has 0 bridgehead atoms. The number of hydrogen-bond donors (Lipinski definition) is 2. The number of aliphatic hydroxyl groups is 1. The minimum atomic E-state index is -1.99. The molecule has 2 N–H and O–H groups in total. The Kier molecular flexibility index (Phi) is 13.2. The van der Waals surface area contributed by atoms with Crippen molar-refractivity contribution in [3.63, 3.8) is 0 Å². The van der Waals surface area contributed by atoms with Gasteiger partial charge in [-0.25, -0.2) is 0 Å². The third kappa shape index (κ3) is 9.17. The second kappa shape index (κ2) is 14.4. The predicted molar refractivity (Wildman–Crippen MR) is 137 cm³/mol. The van der Waals surface area contributed by atoms with Gasteiger partial charge in [0.15, 0.2) is 18.5 Å². The van der Waals surface area contributed by atoms with Crippen molar-refractivity contribution in [2.24, 2.45) is 23.7 Å². The summed E-state index contributed by atoms with van der Waals surface area (Å²) < 4.78 is 24.9. The van der Waals surface area contributed by atoms with Crippen molar-refractivity contribution in [2.75, 3.05) is 0 Å². The van der Waals surface area contributed by atoms with Gasteiger partial charge in [0.1, 0.15) is 0 Å². The summed E-state index contributed by atoms with van der Waals surface area (Å²) in [6, 6.07) is 0. The Morgan fingerprint density at radius 1 is 0.806 bits per heavy atom. The third-order valence-electron chi connectivity index (χ3n) is 6.94. The van der Waals surface area contributed by atoms with Crippen LogP contribution in [-0.4, -0.2) is 63.7 Å². The molecule has 210 valence electrons. The fourth-order valence-corrected chi connectivity index (χ4v) is 4.60. The highest BCUT2D eigenvalue weighted by molar-refractivity contribution is 6.76. The monoisotopic (exact) mass is 575 g/mol. The fourth-order valence-electron chi connectivity index (χ4n) is 4.46. The quantitative estimate of drug-likeness (QED) is 0.203. The lowest BCUT2D eigenvalue weighted by atomic mass is 9.82. The zero-order chi connectivity index (χ0) is 28.0. The maximum atomic E-state index is 11.3. The van der Waals surface area contributed by atoms with Gasteiger partial charge in [0, 0.05) is 25.7 Å². The fraction of sp³-hybridized carbons (Fsp3) is 0.875. The highest BCUT2D eigenvalue weighted by Gasteiger charge is 2.46. The van der Waals surface area contributed by atoms with E-state index in [0.29, 0.717) is 0 Å². The lowest BCUT2D eigenvalue weighted by Crippen LogP contribution is -2.53. The van der Waals surface area contributed by atoms with E-state index in [-0.39, 0.29) is 41.8 Å². The number of aliphatic hydroxyl groups excluding tert-OH is 1. The molecule has 0 aromatic carbocycles. The predicted octanol–water partition coefficient (Wildman–Crippen LogP) is 5.01. The molecule has 0 aliphatic carbocycles. The minimum Gasteiger partial charge on any atom is -0.457 e. The summed E-state index contributed by atoms with van der Waals surface area (Å²) in [7, 11) is 0. The van der Waals surface area contributed by atoms with Gasteiger partial charge in [-0.15, -0.1) is 0 Å². The van der Waals surface area contributed by atoms with Crippen LogP contribution in [0.1, 0.15) is 68.2 Å². The molecule has 12 heteroatoms. The normalized spacial score (nSPS) is 36.7. The second-order valence-corrected chi connectivity index (χ2v) is 11.7. The molecule has 10 atom stereocenters. The number of carbonyl (C=O) groups excluding carboxylic acids is 2. The summed E-state index contributed by atoms with van der Waals surface area (Å²) in [6.07, 6.45) is -1.58. The van der Waals surface area contributed by atoms with Crippen LogP contribution in [-0.2, 0) is 33.3 Å². The molecule has 2 rings (SSSR count). The standard InChI is InChI=1S/C13H20Cl3NO4.C11H20O4/c1-5-9-6(2)7(3)10(19-8(4)18)11(20-9)21-12(17)13(14,15)16;1-5-9-6(2)7(3)10(11(13)15-9)14-8(4)12/h6-7,9-11,17H,5H2,1-4H3;6-7,9-11,13H,5H2,1-4H3/t6-,7-,9?,10?,11-;6-,7-,9?,10?,11+/m00/s1. The molecule has 2 aliphatic rings. The molecule has 2 fully saturated rings. The zero-order valence-electron chi connectivity index (χ0n) is 22.1. The summed E-state index contributed by atoms with van der Waals surface area (Å²) in [5.74, 6) is -0.846. The Hall–Kier alpha value is -0.840. The maximum Gasteiger partial charge on any atom is 0.303 e. The second-order valence-electron chi connectivity index (χ2n) is 9.45. The number of hydrogen-bond acceptors (Lipinski definition) is 9. The van der Waals surface area contributed by atoms with E-state index < -0.39 is 40.4 Å². The average Bonchev–Trinajstić information content (AvgIpc) is 2.78. The van der Waals surface area contributed by atoms with Crippen LogP contribution >= 0.6 is 34.8 Å². The van der Waals surface area contributed by atoms with Gasteiger partial charge in [0.2, 0.25) is 12.2 Å². The van der Waals surface area contributed by atoms with Crippen molar-refractivity contribution in [3.05, 3.63) is 0 Å². The van der Waals surface area contributed by atoms with E-state index in [4.69, 9.17) is 63.9 Å². The number of nitrogens with one attached hydrogen (secondary N) is 1. The van der Waals surface area contributed by atoms with Gasteiger partial charge >= 0.3 is 11.9 Å². The Labute approximate surface area is 228 Å². The van der Waals surface area contributed by atoms with Gasteiger partial charge in [-0.2, -0.15) is 0 Å². The van der Waals surface area contributed by atoms with Crippen LogP contribution in [0.2, 0.25) is 0 Å². The van der Waals surface area contributed by atoms with Crippen molar-refractivity contribution < 1.29 is 38.4 Å². The topological polar surface area (TPSA) is 124 Å². The molecular weight excluding hydrogens is 537 g/mol. The highest BCUT2D eigenvalue weighted by atomic mass is 35.6. The van der Waals surface area contributed by atoms with Crippen LogP contribution in [0.4, 0.5) is 0 Å². The van der Waals surface area contributed by atoms with Crippen molar-refractivity contribution in [3.8, 4) is 0 Å². The Morgan fingerprint density at radius 3 is 1.64 bits per heavy atom. The first-order valence-electron chi connectivity index (χ1n) is 12.2. The summed E-state index contributed by atoms with van der Waals surface area (Å²) in [5.41, 5.74) is 0. The number of esters is 2. The van der Waals surface area contributed by atoms with Crippen molar-refractivity contribution in [2.45, 2.75) is 109 Å². The van der Waals surface area contributed by atoms with Gasteiger partial charge in [-0.3, -0.25) is 15.0 Å². The van der Waals surface area contributed by atoms with E-state index in [1.165, 1.54) is 13.8 Å². The van der Waals surface area contributed by atoms with Crippen LogP contribution in [0.5, 0.6) is 0 Å². The molecule has 0 amide bonds. The molecule has 0 radical (unpaired) electrons. The largest absolute Gasteiger partial charge is 0.457 e. The van der Waals surface area contributed by atoms with Crippen molar-refractivity contribution >= 4 is 52.6 Å². The number of carbonyl (C=O) groups is 2. The molecule has 2 aliphatic heterocycles. The summed E-state index contributed by atoms with van der Waals surface area (Å²) in [4.78, 5) is 22.2. The van der Waals surface area contributed by atoms with Crippen LogP contribution in [0, 0.1) is 29.1 Å². The molecule has 0 aromatic heterocycles. The molecule has 9 nitrogen and oxygen atoms in total. The average molecular weight is 577 g/mol. The Morgan fingerprint density at radius 2 is 1.22 bits per heavy atom. The highest BCUT2D eigenvalue weighted by Crippen LogP contribution is 2.37. The van der Waals surface area contributed by atoms with E-state index in [0.717, 1.165) is 12.8 Å². The molecule has 0 aromatic rings. The first-order chi connectivity index (χ1) is 16.5. The van der Waals surface area contributed by atoms with Crippen LogP contribution in [0.25, 0.3) is 0 Å². The van der Waals surface area contributed by atoms with Crippen molar-refractivity contribution in [1.82, 2.24) is 0 Å². The van der Waals surface area contributed by atoms with E-state index in [9.17, 15) is 14.7 Å². The smallest absolute Gasteiger partial charge is 0.303 e. The third-order valence-corrected chi connectivity index (χ3v) is 7.46. The van der Waals surface area contributed by atoms with Gasteiger partial charge in [-0.1, -0.05) is 76.3 Å². The number of rotatable bonds is 5. The number of halogens is 3. The van der Waals surface area contributed by atoms with Crippen LogP contribution in [0.15, 0.2) is 0 Å². The Balaban J connectivity index is 0.000000381. The van der Waals surface area contributed by atoms with Crippen LogP contribution < -0.4 is 0 Å². The summed E-state index contributed by atoms with van der Waals surface area (Å²) in [6.45, 7) is 14.7. The first kappa shape index (κ1) is 33.2. The van der Waals surface area contributed by atoms with Gasteiger partial charge in [0.25, 0.3) is 3.79 Å². The van der Waals surface area contributed by atoms with Gasteiger partial charge in [0.05, 0.1) is 12.2 Å². The minimum absolute atomic E-state index is 0.0132. The maximum absolute atomic E-state index is 11.3. The van der Waals surface area contributed by atoms with Crippen LogP contribution in [0.3, 0.4) is 0 Å². The summed E-state index contributed by atoms with van der Waals surface area (Å²) >= 11 is 16.8. The zero-order valence-corrected chi connectivity index (χ0v) is 24.4. The SMILES string of the molecule is CCC1O[C@@H](O)C(OC(C)=O)[C@@H](C)[C@@H]1C.CCC1O[C@@H](OC(=N)C(Cl)(Cl)Cl)C(OC(C)=O)[C@@H](C)[C@@H]1C. The lowest BCUT2D eigenvalue weighted by molar-refractivity contribution is -0.257.